The third-order valence-corrected chi connectivity index (χ3v) is 5.82. The predicted molar refractivity (Wildman–Crippen MR) is 130 cm³/mol. The number of anilines is 1. The summed E-state index contributed by atoms with van der Waals surface area (Å²) >= 11 is 0. The van der Waals surface area contributed by atoms with Gasteiger partial charge in [-0.05, 0) is 42.3 Å². The van der Waals surface area contributed by atoms with Crippen molar-refractivity contribution in [3.8, 4) is 11.5 Å². The fourth-order valence-electron chi connectivity index (χ4n) is 4.19. The molecule has 0 spiro atoms. The molecule has 35 heavy (non-hydrogen) atoms. The van der Waals surface area contributed by atoms with E-state index in [1.807, 2.05) is 31.2 Å². The number of non-ortho nitro benzene ring substituents is 1. The third-order valence-electron chi connectivity index (χ3n) is 5.82. The molecule has 0 fully saturated rings. The SMILES string of the molecule is CCOc1ccc([C@H](CC(=O)Nc2cccc([N+](=O)[O-])c2)N2Cc3ccccc3C2=O)cc1OC. The van der Waals surface area contributed by atoms with Crippen molar-refractivity contribution in [2.24, 2.45) is 0 Å². The van der Waals surface area contributed by atoms with Gasteiger partial charge in [-0.2, -0.15) is 0 Å². The highest BCUT2D eigenvalue weighted by Gasteiger charge is 2.35. The highest BCUT2D eigenvalue weighted by molar-refractivity contribution is 5.99. The summed E-state index contributed by atoms with van der Waals surface area (Å²) in [6, 6.07) is 17.8. The van der Waals surface area contributed by atoms with E-state index in [1.165, 1.54) is 25.3 Å². The molecule has 9 heteroatoms. The number of ether oxygens (including phenoxy) is 2. The van der Waals surface area contributed by atoms with Gasteiger partial charge in [0.15, 0.2) is 11.5 Å². The van der Waals surface area contributed by atoms with Gasteiger partial charge in [0.1, 0.15) is 0 Å². The second-order valence-corrected chi connectivity index (χ2v) is 8.01. The summed E-state index contributed by atoms with van der Waals surface area (Å²) in [5, 5.41) is 13.8. The summed E-state index contributed by atoms with van der Waals surface area (Å²) < 4.78 is 11.1. The number of methoxy groups -OCH3 is 1. The van der Waals surface area contributed by atoms with Crippen molar-refractivity contribution in [2.75, 3.05) is 19.0 Å². The van der Waals surface area contributed by atoms with Gasteiger partial charge in [0.05, 0.1) is 31.1 Å². The number of benzene rings is 3. The maximum Gasteiger partial charge on any atom is 0.271 e. The van der Waals surface area contributed by atoms with Gasteiger partial charge in [-0.3, -0.25) is 19.7 Å². The van der Waals surface area contributed by atoms with Gasteiger partial charge >= 0.3 is 0 Å². The Morgan fingerprint density at radius 1 is 1.11 bits per heavy atom. The van der Waals surface area contributed by atoms with E-state index in [0.717, 1.165) is 5.56 Å². The molecule has 0 aliphatic carbocycles. The number of nitro groups is 1. The summed E-state index contributed by atoms with van der Waals surface area (Å²) in [5.74, 6) is 0.515. The van der Waals surface area contributed by atoms with Crippen LogP contribution in [0.2, 0.25) is 0 Å². The molecule has 0 aromatic heterocycles. The van der Waals surface area contributed by atoms with E-state index in [9.17, 15) is 19.7 Å². The minimum atomic E-state index is -0.599. The maximum absolute atomic E-state index is 13.3. The monoisotopic (exact) mass is 475 g/mol. The van der Waals surface area contributed by atoms with Crippen molar-refractivity contribution in [1.29, 1.82) is 0 Å². The first-order valence-electron chi connectivity index (χ1n) is 11.1. The number of amides is 2. The maximum atomic E-state index is 13.3. The van der Waals surface area contributed by atoms with Crippen molar-refractivity contribution in [3.05, 3.63) is 93.5 Å². The predicted octanol–water partition coefficient (Wildman–Crippen LogP) is 4.73. The Labute approximate surface area is 202 Å². The van der Waals surface area contributed by atoms with Gasteiger partial charge in [-0.25, -0.2) is 0 Å². The normalized spacial score (nSPS) is 13.2. The minimum Gasteiger partial charge on any atom is -0.493 e. The van der Waals surface area contributed by atoms with Crippen LogP contribution in [0.5, 0.6) is 11.5 Å². The van der Waals surface area contributed by atoms with Crippen LogP contribution in [0.25, 0.3) is 0 Å². The lowest BCUT2D eigenvalue weighted by Gasteiger charge is -2.28. The molecule has 1 heterocycles. The summed E-state index contributed by atoms with van der Waals surface area (Å²) in [7, 11) is 1.53. The number of nitro benzene ring substituents is 1. The molecule has 180 valence electrons. The molecule has 4 rings (SSSR count). The number of rotatable bonds is 9. The van der Waals surface area contributed by atoms with Crippen LogP contribution in [0.1, 0.15) is 40.9 Å². The molecule has 1 N–H and O–H groups in total. The van der Waals surface area contributed by atoms with E-state index >= 15 is 0 Å². The molecule has 0 radical (unpaired) electrons. The highest BCUT2D eigenvalue weighted by Crippen LogP contribution is 2.37. The van der Waals surface area contributed by atoms with Crippen LogP contribution >= 0.6 is 0 Å². The summed E-state index contributed by atoms with van der Waals surface area (Å²) in [4.78, 5) is 38.5. The average Bonchev–Trinajstić information content (AvgIpc) is 3.19. The van der Waals surface area contributed by atoms with E-state index in [-0.39, 0.29) is 23.9 Å². The quantitative estimate of drug-likeness (QED) is 0.354. The molecule has 2 amide bonds. The fraction of sp³-hybridized carbons (Fsp3) is 0.231. The molecule has 1 aliphatic heterocycles. The summed E-state index contributed by atoms with van der Waals surface area (Å²) in [6.07, 6.45) is -0.0560. The second-order valence-electron chi connectivity index (χ2n) is 8.01. The first kappa shape index (κ1) is 23.7. The highest BCUT2D eigenvalue weighted by atomic mass is 16.6. The van der Waals surface area contributed by atoms with E-state index in [0.29, 0.717) is 41.5 Å². The van der Waals surface area contributed by atoms with Crippen molar-refractivity contribution >= 4 is 23.2 Å². The second kappa shape index (κ2) is 10.3. The Kier molecular flexibility index (Phi) is 6.96. The molecule has 0 saturated heterocycles. The van der Waals surface area contributed by atoms with Gasteiger partial charge in [0.2, 0.25) is 5.91 Å². The first-order valence-corrected chi connectivity index (χ1v) is 11.1. The average molecular weight is 476 g/mol. The van der Waals surface area contributed by atoms with Crippen LogP contribution in [-0.2, 0) is 11.3 Å². The first-order chi connectivity index (χ1) is 16.9. The Balaban J connectivity index is 1.65. The van der Waals surface area contributed by atoms with Crippen molar-refractivity contribution in [1.82, 2.24) is 4.90 Å². The van der Waals surface area contributed by atoms with Crippen molar-refractivity contribution in [3.63, 3.8) is 0 Å². The number of nitrogens with one attached hydrogen (secondary N) is 1. The molecule has 1 atom stereocenters. The zero-order valence-electron chi connectivity index (χ0n) is 19.4. The van der Waals surface area contributed by atoms with Crippen LogP contribution in [0.15, 0.2) is 66.7 Å². The molecule has 3 aromatic rings. The fourth-order valence-corrected chi connectivity index (χ4v) is 4.19. The lowest BCUT2D eigenvalue weighted by atomic mass is 10.0. The Hall–Kier alpha value is -4.40. The molecule has 1 aliphatic rings. The largest absolute Gasteiger partial charge is 0.493 e. The van der Waals surface area contributed by atoms with Crippen LogP contribution in [-0.4, -0.2) is 35.4 Å². The Bertz CT molecular complexity index is 1280. The smallest absolute Gasteiger partial charge is 0.271 e. The number of carbonyl (C=O) groups is 2. The van der Waals surface area contributed by atoms with Gasteiger partial charge in [-0.15, -0.1) is 0 Å². The van der Waals surface area contributed by atoms with Crippen LogP contribution in [0, 0.1) is 10.1 Å². The standard InChI is InChI=1S/C26H25N3O6/c1-3-35-23-12-11-17(13-24(23)34-2)22(28-16-18-7-4-5-10-21(18)26(28)31)15-25(30)27-19-8-6-9-20(14-19)29(32)33/h4-14,22H,3,15-16H2,1-2H3,(H,27,30)/t22-/m0/s1. The zero-order chi connectivity index (χ0) is 24.9. The molecule has 0 bridgehead atoms. The van der Waals surface area contributed by atoms with Crippen molar-refractivity contribution in [2.45, 2.75) is 25.9 Å². The van der Waals surface area contributed by atoms with E-state index in [4.69, 9.17) is 9.47 Å². The van der Waals surface area contributed by atoms with Gasteiger partial charge < -0.3 is 19.7 Å². The van der Waals surface area contributed by atoms with Gasteiger partial charge in [-0.1, -0.05) is 30.3 Å². The number of carbonyl (C=O) groups excluding carboxylic acids is 2. The van der Waals surface area contributed by atoms with Crippen molar-refractivity contribution < 1.29 is 24.0 Å². The van der Waals surface area contributed by atoms with Gasteiger partial charge in [0, 0.05) is 29.9 Å². The minimum absolute atomic E-state index is 0.0560. The lowest BCUT2D eigenvalue weighted by Crippen LogP contribution is -2.32. The van der Waals surface area contributed by atoms with E-state index < -0.39 is 11.0 Å². The molecule has 0 unspecified atom stereocenters. The number of nitrogens with zero attached hydrogens (tertiary/aromatic N) is 2. The molecule has 3 aromatic carbocycles. The topological polar surface area (TPSA) is 111 Å². The summed E-state index contributed by atoms with van der Waals surface area (Å²) in [5.41, 5.74) is 2.39. The molecular formula is C26H25N3O6. The number of fused-ring (bicyclic) bond motifs is 1. The van der Waals surface area contributed by atoms with E-state index in [1.54, 1.807) is 29.2 Å². The van der Waals surface area contributed by atoms with Crippen LogP contribution < -0.4 is 14.8 Å². The Morgan fingerprint density at radius 3 is 2.63 bits per heavy atom. The van der Waals surface area contributed by atoms with Gasteiger partial charge in [0.25, 0.3) is 11.6 Å². The molecular weight excluding hydrogens is 450 g/mol. The number of hydrogen-bond donors (Lipinski definition) is 1. The summed E-state index contributed by atoms with van der Waals surface area (Å²) in [6.45, 7) is 2.69. The zero-order valence-corrected chi connectivity index (χ0v) is 19.4. The van der Waals surface area contributed by atoms with E-state index in [2.05, 4.69) is 5.32 Å². The molecule has 9 nitrogen and oxygen atoms in total. The van der Waals surface area contributed by atoms with Crippen LogP contribution in [0.4, 0.5) is 11.4 Å². The Morgan fingerprint density at radius 2 is 1.91 bits per heavy atom. The third kappa shape index (κ3) is 5.08. The number of hydrogen-bond acceptors (Lipinski definition) is 6. The molecule has 0 saturated carbocycles. The lowest BCUT2D eigenvalue weighted by molar-refractivity contribution is -0.384. The van der Waals surface area contributed by atoms with Crippen LogP contribution in [0.3, 0.4) is 0 Å².